The van der Waals surface area contributed by atoms with E-state index in [9.17, 15) is 9.59 Å². The van der Waals surface area contributed by atoms with Crippen LogP contribution in [0, 0.1) is 6.92 Å². The van der Waals surface area contributed by atoms with E-state index >= 15 is 0 Å². The second-order valence-corrected chi connectivity index (χ2v) is 5.26. The number of ether oxygens (including phenoxy) is 1. The molecule has 126 valence electrons. The Morgan fingerprint density at radius 3 is 2.76 bits per heavy atom. The zero-order valence-electron chi connectivity index (χ0n) is 13.4. The highest BCUT2D eigenvalue weighted by Crippen LogP contribution is 2.16. The summed E-state index contributed by atoms with van der Waals surface area (Å²) in [5, 5.41) is 13.4. The van der Waals surface area contributed by atoms with E-state index in [-0.39, 0.29) is 5.56 Å². The molecule has 0 radical (unpaired) electrons. The quantitative estimate of drug-likeness (QED) is 0.719. The molecule has 0 saturated carbocycles. The van der Waals surface area contributed by atoms with Crippen LogP contribution in [0.15, 0.2) is 58.4 Å². The van der Waals surface area contributed by atoms with Gasteiger partial charge in [0, 0.05) is 5.56 Å². The Morgan fingerprint density at radius 1 is 1.24 bits per heavy atom. The van der Waals surface area contributed by atoms with Crippen molar-refractivity contribution < 1.29 is 14.6 Å². The predicted octanol–water partition coefficient (Wildman–Crippen LogP) is 2.05. The van der Waals surface area contributed by atoms with Crippen LogP contribution in [0.25, 0.3) is 10.9 Å². The molecule has 25 heavy (non-hydrogen) atoms. The average molecular weight is 337 g/mol. The van der Waals surface area contributed by atoms with Gasteiger partial charge < -0.3 is 9.84 Å². The Morgan fingerprint density at radius 2 is 1.96 bits per heavy atom. The number of carboxylic acids is 1. The maximum absolute atomic E-state index is 12.6. The molecule has 0 bridgehead atoms. The standard InChI is InChI=1S/C18H15N3O4/c1-12-20-15-8-4-3-7-14(15)18(24)21(12)19-10-13-6-2-5-9-16(13)25-11-17(22)23/h2-10H,11H2,1H3,(H,22,23). The lowest BCUT2D eigenvalue weighted by atomic mass is 10.2. The van der Waals surface area contributed by atoms with E-state index in [1.807, 2.05) is 6.07 Å². The minimum Gasteiger partial charge on any atom is -0.481 e. The summed E-state index contributed by atoms with van der Waals surface area (Å²) in [5.74, 6) is -0.255. The fourth-order valence-electron chi connectivity index (χ4n) is 2.35. The minimum absolute atomic E-state index is 0.275. The molecule has 0 saturated heterocycles. The Labute approximate surface area is 142 Å². The van der Waals surface area contributed by atoms with Gasteiger partial charge in [0.05, 0.1) is 17.1 Å². The normalized spacial score (nSPS) is 11.1. The van der Waals surface area contributed by atoms with Crippen molar-refractivity contribution in [3.8, 4) is 5.75 Å². The Kier molecular flexibility index (Phi) is 4.56. The van der Waals surface area contributed by atoms with Crippen molar-refractivity contribution in [2.24, 2.45) is 5.10 Å². The number of nitrogens with zero attached hydrogens (tertiary/aromatic N) is 3. The van der Waals surface area contributed by atoms with Crippen LogP contribution in [-0.2, 0) is 4.79 Å². The van der Waals surface area contributed by atoms with Gasteiger partial charge in [0.2, 0.25) is 0 Å². The lowest BCUT2D eigenvalue weighted by Gasteiger charge is -2.07. The van der Waals surface area contributed by atoms with Crippen LogP contribution in [0.5, 0.6) is 5.75 Å². The third kappa shape index (κ3) is 3.55. The molecule has 0 aliphatic carbocycles. The van der Waals surface area contributed by atoms with Gasteiger partial charge in [0.25, 0.3) is 5.56 Å². The highest BCUT2D eigenvalue weighted by atomic mass is 16.5. The number of carboxylic acid groups (broad SMARTS) is 1. The number of aromatic nitrogens is 2. The fraction of sp³-hybridized carbons (Fsp3) is 0.111. The van der Waals surface area contributed by atoms with Crippen molar-refractivity contribution in [2.75, 3.05) is 6.61 Å². The zero-order valence-corrected chi connectivity index (χ0v) is 13.4. The number of carbonyl (C=O) groups is 1. The molecule has 7 nitrogen and oxygen atoms in total. The Hall–Kier alpha value is -3.48. The summed E-state index contributed by atoms with van der Waals surface area (Å²) in [6.45, 7) is 1.24. The first-order valence-electron chi connectivity index (χ1n) is 7.52. The molecular weight excluding hydrogens is 322 g/mol. The van der Waals surface area contributed by atoms with Gasteiger partial charge in [-0.1, -0.05) is 24.3 Å². The first kappa shape index (κ1) is 16.4. The van der Waals surface area contributed by atoms with Crippen molar-refractivity contribution in [2.45, 2.75) is 6.92 Å². The van der Waals surface area contributed by atoms with Gasteiger partial charge in [0.1, 0.15) is 11.6 Å². The maximum atomic E-state index is 12.6. The van der Waals surface area contributed by atoms with Gasteiger partial charge >= 0.3 is 5.97 Å². The van der Waals surface area contributed by atoms with Crippen LogP contribution >= 0.6 is 0 Å². The summed E-state index contributed by atoms with van der Waals surface area (Å²) >= 11 is 0. The van der Waals surface area contributed by atoms with Gasteiger partial charge in [-0.15, -0.1) is 0 Å². The molecule has 2 aromatic carbocycles. The van der Waals surface area contributed by atoms with Crippen LogP contribution in [0.4, 0.5) is 0 Å². The number of aliphatic carboxylic acids is 1. The maximum Gasteiger partial charge on any atom is 0.341 e. The minimum atomic E-state index is -1.07. The van der Waals surface area contributed by atoms with E-state index < -0.39 is 12.6 Å². The molecule has 0 aliphatic heterocycles. The van der Waals surface area contributed by atoms with Crippen LogP contribution in [0.1, 0.15) is 11.4 Å². The first-order chi connectivity index (χ1) is 12.1. The van der Waals surface area contributed by atoms with Crippen molar-refractivity contribution in [3.63, 3.8) is 0 Å². The molecule has 0 unspecified atom stereocenters. The van der Waals surface area contributed by atoms with Gasteiger partial charge in [-0.2, -0.15) is 9.78 Å². The Bertz CT molecular complexity index is 1020. The van der Waals surface area contributed by atoms with E-state index in [4.69, 9.17) is 9.84 Å². The summed E-state index contributed by atoms with van der Waals surface area (Å²) in [6.07, 6.45) is 1.45. The second kappa shape index (κ2) is 6.96. The van der Waals surface area contributed by atoms with Crippen molar-refractivity contribution in [1.29, 1.82) is 0 Å². The van der Waals surface area contributed by atoms with Crippen LogP contribution in [0.2, 0.25) is 0 Å². The summed E-state index contributed by atoms with van der Waals surface area (Å²) in [7, 11) is 0. The average Bonchev–Trinajstić information content (AvgIpc) is 2.60. The molecule has 0 spiro atoms. The van der Waals surface area contributed by atoms with Gasteiger partial charge in [0.15, 0.2) is 6.61 Å². The largest absolute Gasteiger partial charge is 0.481 e. The fourth-order valence-corrected chi connectivity index (χ4v) is 2.35. The molecule has 1 aromatic heterocycles. The summed E-state index contributed by atoms with van der Waals surface area (Å²) < 4.78 is 6.43. The second-order valence-electron chi connectivity index (χ2n) is 5.26. The predicted molar refractivity (Wildman–Crippen MR) is 93.3 cm³/mol. The first-order valence-corrected chi connectivity index (χ1v) is 7.52. The van der Waals surface area contributed by atoms with Gasteiger partial charge in [-0.25, -0.2) is 9.78 Å². The van der Waals surface area contributed by atoms with Crippen LogP contribution in [-0.4, -0.2) is 33.6 Å². The van der Waals surface area contributed by atoms with Gasteiger partial charge in [-0.05, 0) is 31.2 Å². The van der Waals surface area contributed by atoms with E-state index in [1.54, 1.807) is 49.4 Å². The number of fused-ring (bicyclic) bond motifs is 1. The number of benzene rings is 2. The highest BCUT2D eigenvalue weighted by molar-refractivity contribution is 5.84. The van der Waals surface area contributed by atoms with Crippen molar-refractivity contribution in [3.05, 3.63) is 70.3 Å². The third-order valence-corrected chi connectivity index (χ3v) is 3.50. The molecule has 0 aliphatic rings. The SMILES string of the molecule is Cc1nc2ccccc2c(=O)n1N=Cc1ccccc1OCC(=O)O. The van der Waals surface area contributed by atoms with Crippen LogP contribution in [0.3, 0.4) is 0 Å². The molecule has 0 fully saturated rings. The molecule has 7 heteroatoms. The monoisotopic (exact) mass is 337 g/mol. The molecule has 0 amide bonds. The number of rotatable bonds is 5. The van der Waals surface area contributed by atoms with E-state index in [1.165, 1.54) is 10.9 Å². The molecular formula is C18H15N3O4. The third-order valence-electron chi connectivity index (χ3n) is 3.50. The number of aryl methyl sites for hydroxylation is 1. The van der Waals surface area contributed by atoms with E-state index in [0.29, 0.717) is 28.0 Å². The highest BCUT2D eigenvalue weighted by Gasteiger charge is 2.07. The molecule has 3 aromatic rings. The topological polar surface area (TPSA) is 93.8 Å². The lowest BCUT2D eigenvalue weighted by Crippen LogP contribution is -2.20. The molecule has 0 atom stereocenters. The molecule has 1 heterocycles. The van der Waals surface area contributed by atoms with Crippen molar-refractivity contribution >= 4 is 23.1 Å². The number of hydrogen-bond acceptors (Lipinski definition) is 5. The summed E-state index contributed by atoms with van der Waals surface area (Å²) in [6, 6.07) is 13.9. The smallest absolute Gasteiger partial charge is 0.341 e. The number of hydrogen-bond donors (Lipinski definition) is 1. The van der Waals surface area contributed by atoms with E-state index in [2.05, 4.69) is 10.1 Å². The van der Waals surface area contributed by atoms with Crippen LogP contribution < -0.4 is 10.3 Å². The lowest BCUT2D eigenvalue weighted by molar-refractivity contribution is -0.139. The summed E-state index contributed by atoms with van der Waals surface area (Å²) in [5.41, 5.74) is 0.896. The summed E-state index contributed by atoms with van der Waals surface area (Å²) in [4.78, 5) is 27.6. The Balaban J connectivity index is 1.99. The van der Waals surface area contributed by atoms with Gasteiger partial charge in [-0.3, -0.25) is 4.79 Å². The van der Waals surface area contributed by atoms with E-state index in [0.717, 1.165) is 0 Å². The molecule has 1 N–H and O–H groups in total. The number of para-hydroxylation sites is 2. The van der Waals surface area contributed by atoms with Crippen molar-refractivity contribution in [1.82, 2.24) is 9.66 Å². The zero-order chi connectivity index (χ0) is 17.8. The molecule has 3 rings (SSSR count).